The molecule has 1 atom stereocenters. The van der Waals surface area contributed by atoms with E-state index in [0.29, 0.717) is 12.2 Å². The Kier molecular flexibility index (Phi) is 6.32. The first-order chi connectivity index (χ1) is 14.0. The minimum atomic E-state index is -1.21. The topological polar surface area (TPSA) is 109 Å². The summed E-state index contributed by atoms with van der Waals surface area (Å²) in [6.45, 7) is 1.28. The smallest absolute Gasteiger partial charge is 0.342 e. The van der Waals surface area contributed by atoms with Gasteiger partial charge in [0.1, 0.15) is 17.2 Å². The van der Waals surface area contributed by atoms with Gasteiger partial charge in [0.25, 0.3) is 0 Å². The summed E-state index contributed by atoms with van der Waals surface area (Å²) in [6.07, 6.45) is 1.60. The highest BCUT2D eigenvalue weighted by Crippen LogP contribution is 2.27. The number of carbonyl (C=O) groups is 2. The average molecular weight is 406 g/mol. The molecule has 1 aromatic carbocycles. The zero-order chi connectivity index (χ0) is 20.8. The zero-order valence-electron chi connectivity index (χ0n) is 15.7. The van der Waals surface area contributed by atoms with Crippen LogP contribution in [-0.4, -0.2) is 33.9 Å². The molecule has 1 unspecified atom stereocenters. The number of nitriles is 1. The van der Waals surface area contributed by atoms with Crippen molar-refractivity contribution in [1.29, 1.82) is 10.7 Å². The number of esters is 1. The van der Waals surface area contributed by atoms with Crippen LogP contribution in [0.5, 0.6) is 0 Å². The summed E-state index contributed by atoms with van der Waals surface area (Å²) in [5.41, 5.74) is 1.68. The van der Waals surface area contributed by atoms with Crippen molar-refractivity contribution in [2.75, 3.05) is 6.61 Å². The number of thiophene rings is 1. The van der Waals surface area contributed by atoms with Crippen molar-refractivity contribution in [3.05, 3.63) is 65.2 Å². The highest BCUT2D eigenvalue weighted by atomic mass is 32.1. The van der Waals surface area contributed by atoms with E-state index >= 15 is 0 Å². The van der Waals surface area contributed by atoms with Crippen LogP contribution in [0.3, 0.4) is 0 Å². The average Bonchev–Trinajstić information content (AvgIpc) is 3.37. The second-order valence-corrected chi connectivity index (χ2v) is 7.29. The number of nitrogens with zero attached hydrogens (tertiary/aromatic N) is 3. The number of hydrogen-bond acceptors (Lipinski definition) is 7. The standard InChI is InChI=1S/C21H18N4O3S/c1-14(23)16(10-22)18(26)13-28-21(27)17-12-25(11-15-6-3-2-4-7-15)24-20(17)19-8-5-9-29-19/h2-9,12,16,23H,11,13H2,1H3. The molecule has 3 rings (SSSR count). The Labute approximate surface area is 171 Å². The number of hydrogen-bond donors (Lipinski definition) is 1. The van der Waals surface area contributed by atoms with Crippen LogP contribution >= 0.6 is 11.3 Å². The van der Waals surface area contributed by atoms with Crippen LogP contribution < -0.4 is 0 Å². The van der Waals surface area contributed by atoms with Gasteiger partial charge in [0.05, 0.1) is 17.5 Å². The van der Waals surface area contributed by atoms with Crippen molar-refractivity contribution in [3.63, 3.8) is 0 Å². The molecule has 7 nitrogen and oxygen atoms in total. The van der Waals surface area contributed by atoms with Crippen molar-refractivity contribution in [1.82, 2.24) is 9.78 Å². The van der Waals surface area contributed by atoms with Crippen molar-refractivity contribution in [2.24, 2.45) is 5.92 Å². The molecule has 0 saturated carbocycles. The molecule has 1 N–H and O–H groups in total. The highest BCUT2D eigenvalue weighted by Gasteiger charge is 2.24. The normalized spacial score (nSPS) is 11.4. The van der Waals surface area contributed by atoms with Gasteiger partial charge >= 0.3 is 5.97 Å². The Balaban J connectivity index is 1.81. The SMILES string of the molecule is CC(=N)C(C#N)C(=O)COC(=O)c1cn(Cc2ccccc2)nc1-c1cccs1. The molecule has 0 fully saturated rings. The van der Waals surface area contributed by atoms with Crippen LogP contribution in [-0.2, 0) is 16.1 Å². The third-order valence-electron chi connectivity index (χ3n) is 4.15. The van der Waals surface area contributed by atoms with Crippen LogP contribution in [0.1, 0.15) is 22.8 Å². The Morgan fingerprint density at radius 3 is 2.66 bits per heavy atom. The van der Waals surface area contributed by atoms with Gasteiger partial charge < -0.3 is 10.1 Å². The Morgan fingerprint density at radius 1 is 1.28 bits per heavy atom. The number of rotatable bonds is 8. The van der Waals surface area contributed by atoms with E-state index < -0.39 is 24.3 Å². The third kappa shape index (κ3) is 4.83. The lowest BCUT2D eigenvalue weighted by atomic mass is 10.0. The van der Waals surface area contributed by atoms with Gasteiger partial charge in [-0.3, -0.25) is 9.48 Å². The molecule has 0 spiro atoms. The fraction of sp³-hybridized carbons (Fsp3) is 0.190. The van der Waals surface area contributed by atoms with Gasteiger partial charge in [0.2, 0.25) is 0 Å². The number of benzene rings is 1. The van der Waals surface area contributed by atoms with E-state index in [1.54, 1.807) is 16.9 Å². The maximum atomic E-state index is 12.7. The van der Waals surface area contributed by atoms with Crippen molar-refractivity contribution in [3.8, 4) is 16.6 Å². The Hall–Kier alpha value is -3.57. The second-order valence-electron chi connectivity index (χ2n) is 6.34. The van der Waals surface area contributed by atoms with Crippen molar-refractivity contribution < 1.29 is 14.3 Å². The third-order valence-corrected chi connectivity index (χ3v) is 5.03. The van der Waals surface area contributed by atoms with Crippen LogP contribution in [0, 0.1) is 22.7 Å². The molecule has 0 aliphatic heterocycles. The van der Waals surface area contributed by atoms with Crippen LogP contribution in [0.25, 0.3) is 10.6 Å². The number of ketones is 1. The number of carbonyl (C=O) groups excluding carboxylic acids is 2. The molecule has 0 amide bonds. The minimum absolute atomic E-state index is 0.0801. The minimum Gasteiger partial charge on any atom is -0.454 e. The second kappa shape index (κ2) is 9.08. The summed E-state index contributed by atoms with van der Waals surface area (Å²) >= 11 is 1.44. The molecule has 0 aliphatic rings. The summed E-state index contributed by atoms with van der Waals surface area (Å²) in [5.74, 6) is -2.52. The van der Waals surface area contributed by atoms with Crippen LogP contribution in [0.2, 0.25) is 0 Å². The number of ether oxygens (including phenoxy) is 1. The van der Waals surface area contributed by atoms with Crippen LogP contribution in [0.4, 0.5) is 0 Å². The predicted octanol–water partition coefficient (Wildman–Crippen LogP) is 3.57. The van der Waals surface area contributed by atoms with Gasteiger partial charge in [-0.1, -0.05) is 36.4 Å². The van der Waals surface area contributed by atoms with Gasteiger partial charge in [-0.05, 0) is 23.9 Å². The molecule has 0 radical (unpaired) electrons. The molecular formula is C21H18N4O3S. The maximum Gasteiger partial charge on any atom is 0.342 e. The van der Waals surface area contributed by atoms with Gasteiger partial charge in [0.15, 0.2) is 12.4 Å². The molecule has 29 heavy (non-hydrogen) atoms. The van der Waals surface area contributed by atoms with E-state index in [2.05, 4.69) is 5.10 Å². The molecule has 2 aromatic heterocycles. The van der Waals surface area contributed by atoms with E-state index in [0.717, 1.165) is 10.4 Å². The number of aromatic nitrogens is 2. The summed E-state index contributed by atoms with van der Waals surface area (Å²) in [4.78, 5) is 25.5. The molecule has 2 heterocycles. The molecule has 146 valence electrons. The first-order valence-electron chi connectivity index (χ1n) is 8.79. The summed E-state index contributed by atoms with van der Waals surface area (Å²) in [5, 5.41) is 22.9. The van der Waals surface area contributed by atoms with E-state index in [4.69, 9.17) is 15.4 Å². The molecule has 3 aromatic rings. The Morgan fingerprint density at radius 2 is 2.03 bits per heavy atom. The van der Waals surface area contributed by atoms with E-state index in [1.165, 1.54) is 18.3 Å². The van der Waals surface area contributed by atoms with Gasteiger partial charge in [-0.2, -0.15) is 10.4 Å². The first kappa shape index (κ1) is 20.2. The van der Waals surface area contributed by atoms with E-state index in [1.807, 2.05) is 47.8 Å². The summed E-state index contributed by atoms with van der Waals surface area (Å²) in [6, 6.07) is 15.2. The maximum absolute atomic E-state index is 12.7. The predicted molar refractivity (Wildman–Crippen MR) is 109 cm³/mol. The van der Waals surface area contributed by atoms with Crippen molar-refractivity contribution >= 4 is 28.8 Å². The lowest BCUT2D eigenvalue weighted by molar-refractivity contribution is -0.122. The summed E-state index contributed by atoms with van der Waals surface area (Å²) in [7, 11) is 0. The number of nitrogens with one attached hydrogen (secondary N) is 1. The Bertz CT molecular complexity index is 1070. The van der Waals surface area contributed by atoms with Crippen molar-refractivity contribution in [2.45, 2.75) is 13.5 Å². The van der Waals surface area contributed by atoms with Gasteiger partial charge in [-0.25, -0.2) is 4.79 Å². The molecule has 0 saturated heterocycles. The van der Waals surface area contributed by atoms with Crippen LogP contribution in [0.15, 0.2) is 54.0 Å². The highest BCUT2D eigenvalue weighted by molar-refractivity contribution is 7.13. The molecule has 0 aliphatic carbocycles. The zero-order valence-corrected chi connectivity index (χ0v) is 16.5. The molecule has 8 heteroatoms. The fourth-order valence-corrected chi connectivity index (χ4v) is 3.45. The lowest BCUT2D eigenvalue weighted by Crippen LogP contribution is -2.25. The molecular weight excluding hydrogens is 388 g/mol. The first-order valence-corrected chi connectivity index (χ1v) is 9.67. The van der Waals surface area contributed by atoms with E-state index in [9.17, 15) is 9.59 Å². The lowest BCUT2D eigenvalue weighted by Gasteiger charge is -2.07. The monoisotopic (exact) mass is 406 g/mol. The summed E-state index contributed by atoms with van der Waals surface area (Å²) < 4.78 is 6.80. The number of Topliss-reactive ketones (excluding diaryl/α,β-unsaturated/α-hetero) is 1. The quantitative estimate of drug-likeness (QED) is 0.454. The van der Waals surface area contributed by atoms with Gasteiger partial charge in [0, 0.05) is 11.9 Å². The fourth-order valence-electron chi connectivity index (χ4n) is 2.73. The van der Waals surface area contributed by atoms with Gasteiger partial charge in [-0.15, -0.1) is 11.3 Å². The van der Waals surface area contributed by atoms with E-state index in [-0.39, 0.29) is 11.3 Å². The largest absolute Gasteiger partial charge is 0.454 e. The molecule has 0 bridgehead atoms.